The van der Waals surface area contributed by atoms with Crippen molar-refractivity contribution < 1.29 is 14.3 Å². The molecule has 0 bridgehead atoms. The van der Waals surface area contributed by atoms with Crippen LogP contribution in [0.3, 0.4) is 0 Å². The average Bonchev–Trinajstić information content (AvgIpc) is 3.08. The van der Waals surface area contributed by atoms with Crippen LogP contribution in [-0.4, -0.2) is 42.2 Å². The van der Waals surface area contributed by atoms with Crippen molar-refractivity contribution in [2.45, 2.75) is 25.4 Å². The van der Waals surface area contributed by atoms with Crippen LogP contribution in [0.5, 0.6) is 0 Å². The van der Waals surface area contributed by atoms with Gasteiger partial charge < -0.3 is 14.4 Å². The second kappa shape index (κ2) is 7.45. The molecule has 1 N–H and O–H groups in total. The highest BCUT2D eigenvalue weighted by Crippen LogP contribution is 2.29. The number of benzene rings is 2. The highest BCUT2D eigenvalue weighted by molar-refractivity contribution is 5.95. The molecule has 0 spiro atoms. The van der Waals surface area contributed by atoms with Crippen molar-refractivity contribution in [1.82, 2.24) is 4.90 Å². The van der Waals surface area contributed by atoms with E-state index in [2.05, 4.69) is 41.1 Å². The Labute approximate surface area is 158 Å². The summed E-state index contributed by atoms with van der Waals surface area (Å²) in [5.41, 5.74) is 2.64. The van der Waals surface area contributed by atoms with Gasteiger partial charge in [0.25, 0.3) is 0 Å². The van der Waals surface area contributed by atoms with E-state index in [0.717, 1.165) is 36.9 Å². The molecule has 1 fully saturated rings. The molecule has 1 unspecified atom stereocenters. The van der Waals surface area contributed by atoms with Crippen LogP contribution in [0.15, 0.2) is 59.0 Å². The van der Waals surface area contributed by atoms with Gasteiger partial charge in [-0.1, -0.05) is 36.4 Å². The Morgan fingerprint density at radius 1 is 1.19 bits per heavy atom. The van der Waals surface area contributed by atoms with Gasteiger partial charge in [-0.05, 0) is 38.1 Å². The third-order valence-corrected chi connectivity index (χ3v) is 5.44. The lowest BCUT2D eigenvalue weighted by Gasteiger charge is -2.39. The molecule has 1 saturated heterocycles. The molecule has 1 atom stereocenters. The molecular formula is C22H24N2O3. The number of anilines is 1. The summed E-state index contributed by atoms with van der Waals surface area (Å²) in [6.45, 7) is 2.56. The minimum atomic E-state index is -1.01. The third kappa shape index (κ3) is 3.55. The van der Waals surface area contributed by atoms with Gasteiger partial charge in [-0.2, -0.15) is 0 Å². The third-order valence-electron chi connectivity index (χ3n) is 5.44. The van der Waals surface area contributed by atoms with Gasteiger partial charge in [0.05, 0.1) is 0 Å². The number of carboxylic acid groups (broad SMARTS) is 1. The van der Waals surface area contributed by atoms with Gasteiger partial charge in [-0.3, -0.25) is 4.90 Å². The standard InChI is InChI=1S/C22H24N2O3/c1-23(17-10-7-13-24(14-17)16-8-3-2-4-9-16)15-19-18-11-5-6-12-20(18)27-21(19)22(25)26/h2-6,8-9,11-12,17H,7,10,13-15H2,1H3,(H,25,26). The van der Waals surface area contributed by atoms with Crippen molar-refractivity contribution in [2.75, 3.05) is 25.0 Å². The molecule has 2 heterocycles. The number of nitrogens with zero attached hydrogens (tertiary/aromatic N) is 2. The maximum Gasteiger partial charge on any atom is 0.372 e. The molecule has 2 aromatic carbocycles. The predicted molar refractivity (Wildman–Crippen MR) is 106 cm³/mol. The van der Waals surface area contributed by atoms with E-state index in [9.17, 15) is 9.90 Å². The first kappa shape index (κ1) is 17.6. The summed E-state index contributed by atoms with van der Waals surface area (Å²) in [7, 11) is 2.08. The van der Waals surface area contributed by atoms with Crippen LogP contribution >= 0.6 is 0 Å². The summed E-state index contributed by atoms with van der Waals surface area (Å²) in [6.07, 6.45) is 2.24. The average molecular weight is 364 g/mol. The van der Waals surface area contributed by atoms with Gasteiger partial charge in [0, 0.05) is 42.3 Å². The molecule has 140 valence electrons. The minimum Gasteiger partial charge on any atom is -0.475 e. The summed E-state index contributed by atoms with van der Waals surface area (Å²) in [5.74, 6) is -0.956. The molecule has 3 aromatic rings. The van der Waals surface area contributed by atoms with Crippen LogP contribution in [0, 0.1) is 0 Å². The number of fused-ring (bicyclic) bond motifs is 1. The predicted octanol–water partition coefficient (Wildman–Crippen LogP) is 4.23. The molecule has 0 radical (unpaired) electrons. The summed E-state index contributed by atoms with van der Waals surface area (Å²) in [5, 5.41) is 10.4. The molecule has 27 heavy (non-hydrogen) atoms. The van der Waals surface area contributed by atoms with Crippen LogP contribution in [-0.2, 0) is 6.54 Å². The molecule has 0 aliphatic carbocycles. The fourth-order valence-electron chi connectivity index (χ4n) is 3.99. The second-order valence-electron chi connectivity index (χ2n) is 7.20. The van der Waals surface area contributed by atoms with Crippen LogP contribution in [0.1, 0.15) is 29.0 Å². The molecule has 0 saturated carbocycles. The second-order valence-corrected chi connectivity index (χ2v) is 7.20. The van der Waals surface area contributed by atoms with E-state index in [0.29, 0.717) is 18.2 Å². The zero-order chi connectivity index (χ0) is 18.8. The van der Waals surface area contributed by atoms with E-state index in [-0.39, 0.29) is 5.76 Å². The first-order chi connectivity index (χ1) is 13.1. The lowest BCUT2D eigenvalue weighted by atomic mass is 10.0. The molecule has 0 amide bonds. The molecule has 5 nitrogen and oxygen atoms in total. The van der Waals surface area contributed by atoms with Gasteiger partial charge in [-0.25, -0.2) is 4.79 Å². The normalized spacial score (nSPS) is 17.6. The van der Waals surface area contributed by atoms with E-state index in [1.807, 2.05) is 30.3 Å². The molecule has 1 aliphatic rings. The zero-order valence-corrected chi connectivity index (χ0v) is 15.5. The Kier molecular flexibility index (Phi) is 4.86. The number of para-hydroxylation sites is 2. The Hall–Kier alpha value is -2.79. The van der Waals surface area contributed by atoms with Gasteiger partial charge in [0.2, 0.25) is 5.76 Å². The monoisotopic (exact) mass is 364 g/mol. The molecule has 1 aliphatic heterocycles. The zero-order valence-electron chi connectivity index (χ0n) is 15.5. The number of carboxylic acids is 1. The fourth-order valence-corrected chi connectivity index (χ4v) is 3.99. The number of rotatable bonds is 5. The molecular weight excluding hydrogens is 340 g/mol. The van der Waals surface area contributed by atoms with Crippen LogP contribution < -0.4 is 4.90 Å². The topological polar surface area (TPSA) is 56.9 Å². The van der Waals surface area contributed by atoms with E-state index >= 15 is 0 Å². The van der Waals surface area contributed by atoms with Crippen molar-refractivity contribution in [3.8, 4) is 0 Å². The Balaban J connectivity index is 1.55. The maximum atomic E-state index is 11.7. The summed E-state index contributed by atoms with van der Waals surface area (Å²) < 4.78 is 5.60. The number of hydrogen-bond donors (Lipinski definition) is 1. The van der Waals surface area contributed by atoms with Crippen molar-refractivity contribution in [2.24, 2.45) is 0 Å². The van der Waals surface area contributed by atoms with Gasteiger partial charge >= 0.3 is 5.97 Å². The Bertz CT molecular complexity index is 935. The van der Waals surface area contributed by atoms with Crippen LogP contribution in [0.2, 0.25) is 0 Å². The lowest BCUT2D eigenvalue weighted by molar-refractivity contribution is 0.0661. The van der Waals surface area contributed by atoms with Gasteiger partial charge in [-0.15, -0.1) is 0 Å². The summed E-state index contributed by atoms with van der Waals surface area (Å²) in [6, 6.07) is 18.4. The van der Waals surface area contributed by atoms with Crippen molar-refractivity contribution >= 4 is 22.6 Å². The number of piperidine rings is 1. The number of likely N-dealkylation sites (N-methyl/N-ethyl adjacent to an activating group) is 1. The summed E-state index contributed by atoms with van der Waals surface area (Å²) in [4.78, 5) is 16.3. The van der Waals surface area contributed by atoms with E-state index in [1.54, 1.807) is 0 Å². The van der Waals surface area contributed by atoms with Crippen molar-refractivity contribution in [3.05, 3.63) is 65.9 Å². The van der Waals surface area contributed by atoms with Gasteiger partial charge in [0.1, 0.15) is 5.58 Å². The SMILES string of the molecule is CN(Cc1c(C(=O)O)oc2ccccc12)C1CCCN(c2ccccc2)C1. The van der Waals surface area contributed by atoms with E-state index < -0.39 is 5.97 Å². The number of hydrogen-bond acceptors (Lipinski definition) is 4. The lowest BCUT2D eigenvalue weighted by Crippen LogP contribution is -2.46. The highest BCUT2D eigenvalue weighted by atomic mass is 16.4. The molecule has 4 rings (SSSR count). The Morgan fingerprint density at radius 2 is 1.93 bits per heavy atom. The Morgan fingerprint density at radius 3 is 2.70 bits per heavy atom. The van der Waals surface area contributed by atoms with Gasteiger partial charge in [0.15, 0.2) is 0 Å². The number of carbonyl (C=O) groups is 1. The molecule has 1 aromatic heterocycles. The quantitative estimate of drug-likeness (QED) is 0.734. The van der Waals surface area contributed by atoms with Crippen molar-refractivity contribution in [1.29, 1.82) is 0 Å². The molecule has 5 heteroatoms. The van der Waals surface area contributed by atoms with E-state index in [4.69, 9.17) is 4.42 Å². The number of aromatic carboxylic acids is 1. The van der Waals surface area contributed by atoms with E-state index in [1.165, 1.54) is 5.69 Å². The largest absolute Gasteiger partial charge is 0.475 e. The maximum absolute atomic E-state index is 11.7. The van der Waals surface area contributed by atoms with Crippen LogP contribution in [0.25, 0.3) is 11.0 Å². The first-order valence-electron chi connectivity index (χ1n) is 9.37. The smallest absolute Gasteiger partial charge is 0.372 e. The summed E-state index contributed by atoms with van der Waals surface area (Å²) >= 11 is 0. The first-order valence-corrected chi connectivity index (χ1v) is 9.37. The fraction of sp³-hybridized carbons (Fsp3) is 0.318. The minimum absolute atomic E-state index is 0.0544. The van der Waals surface area contributed by atoms with Crippen molar-refractivity contribution in [3.63, 3.8) is 0 Å². The number of furan rings is 1. The van der Waals surface area contributed by atoms with Crippen LogP contribution in [0.4, 0.5) is 5.69 Å². The highest BCUT2D eigenvalue weighted by Gasteiger charge is 2.27.